The molecule has 24 heavy (non-hydrogen) atoms. The predicted octanol–water partition coefficient (Wildman–Crippen LogP) is 4.11. The van der Waals surface area contributed by atoms with Crippen LogP contribution in [0.2, 0.25) is 0 Å². The largest absolute Gasteiger partial charge is 0.466 e. The summed E-state index contributed by atoms with van der Waals surface area (Å²) in [5, 5.41) is 0. The first-order chi connectivity index (χ1) is 11.7. The molecule has 3 heteroatoms. The minimum Gasteiger partial charge on any atom is -0.466 e. The van der Waals surface area contributed by atoms with Crippen molar-refractivity contribution in [1.29, 1.82) is 0 Å². The van der Waals surface area contributed by atoms with Gasteiger partial charge in [0.25, 0.3) is 0 Å². The van der Waals surface area contributed by atoms with Crippen LogP contribution in [0.25, 0.3) is 11.4 Å². The molecule has 1 aliphatic heterocycles. The lowest BCUT2D eigenvalue weighted by Gasteiger charge is -2.30. The van der Waals surface area contributed by atoms with E-state index < -0.39 is 0 Å². The minimum absolute atomic E-state index is 0.359. The Labute approximate surface area is 142 Å². The van der Waals surface area contributed by atoms with Crippen LogP contribution in [-0.4, -0.2) is 25.0 Å². The quantitative estimate of drug-likeness (QED) is 0.630. The topological polar surface area (TPSA) is 29.5 Å². The number of benzene rings is 2. The summed E-state index contributed by atoms with van der Waals surface area (Å²) >= 11 is 0. The van der Waals surface area contributed by atoms with Crippen molar-refractivity contribution in [1.82, 2.24) is 4.90 Å². The molecule has 0 fully saturated rings. The maximum Gasteiger partial charge on any atom is 0.331 e. The molecule has 0 aromatic heterocycles. The smallest absolute Gasteiger partial charge is 0.331 e. The van der Waals surface area contributed by atoms with Crippen LogP contribution in [-0.2, 0) is 9.53 Å². The SMILES string of the molecule is COC(=O)C=C1C=C(c2ccccc2)N(C)C(c2ccccc2)=C1. The zero-order chi connectivity index (χ0) is 16.9. The predicted molar refractivity (Wildman–Crippen MR) is 96.7 cm³/mol. The van der Waals surface area contributed by atoms with Gasteiger partial charge in [0.2, 0.25) is 0 Å². The maximum absolute atomic E-state index is 11.7. The van der Waals surface area contributed by atoms with E-state index >= 15 is 0 Å². The van der Waals surface area contributed by atoms with Crippen LogP contribution >= 0.6 is 0 Å². The molecule has 0 saturated carbocycles. The van der Waals surface area contributed by atoms with E-state index in [9.17, 15) is 4.79 Å². The van der Waals surface area contributed by atoms with Gasteiger partial charge in [-0.1, -0.05) is 60.7 Å². The summed E-state index contributed by atoms with van der Waals surface area (Å²) < 4.78 is 4.77. The molecule has 0 bridgehead atoms. The summed E-state index contributed by atoms with van der Waals surface area (Å²) in [6.07, 6.45) is 5.51. The second kappa shape index (κ2) is 7.01. The molecule has 0 radical (unpaired) electrons. The summed E-state index contributed by atoms with van der Waals surface area (Å²) in [7, 11) is 3.42. The number of ether oxygens (including phenoxy) is 1. The van der Waals surface area contributed by atoms with Crippen LogP contribution in [0.1, 0.15) is 11.1 Å². The molecular weight excluding hydrogens is 298 g/mol. The average Bonchev–Trinajstić information content (AvgIpc) is 2.64. The molecule has 120 valence electrons. The van der Waals surface area contributed by atoms with Gasteiger partial charge >= 0.3 is 5.97 Å². The van der Waals surface area contributed by atoms with Gasteiger partial charge in [-0.15, -0.1) is 0 Å². The number of nitrogens with zero attached hydrogens (tertiary/aromatic N) is 1. The van der Waals surface area contributed by atoms with Gasteiger partial charge in [-0.25, -0.2) is 4.79 Å². The van der Waals surface area contributed by atoms with Gasteiger partial charge in [-0.2, -0.15) is 0 Å². The van der Waals surface area contributed by atoms with Crippen molar-refractivity contribution in [2.75, 3.05) is 14.2 Å². The van der Waals surface area contributed by atoms with Gasteiger partial charge in [0.15, 0.2) is 0 Å². The Kier molecular flexibility index (Phi) is 4.62. The second-order valence-corrected chi connectivity index (χ2v) is 5.52. The Morgan fingerprint density at radius 3 is 1.75 bits per heavy atom. The van der Waals surface area contributed by atoms with Crippen LogP contribution < -0.4 is 0 Å². The van der Waals surface area contributed by atoms with Crippen molar-refractivity contribution in [3.05, 3.63) is 95.6 Å². The molecule has 2 aromatic rings. The van der Waals surface area contributed by atoms with Gasteiger partial charge in [-0.3, -0.25) is 0 Å². The van der Waals surface area contributed by atoms with Crippen LogP contribution in [0.5, 0.6) is 0 Å². The first-order valence-corrected chi connectivity index (χ1v) is 7.76. The highest BCUT2D eigenvalue weighted by atomic mass is 16.5. The van der Waals surface area contributed by atoms with Crippen molar-refractivity contribution >= 4 is 17.4 Å². The number of hydrogen-bond acceptors (Lipinski definition) is 3. The summed E-state index contributed by atoms with van der Waals surface area (Å²) in [5.41, 5.74) is 5.08. The number of allylic oxidation sites excluding steroid dienone is 3. The van der Waals surface area contributed by atoms with E-state index in [2.05, 4.69) is 29.2 Å². The number of esters is 1. The van der Waals surface area contributed by atoms with E-state index in [1.807, 2.05) is 55.6 Å². The van der Waals surface area contributed by atoms with Crippen molar-refractivity contribution in [3.8, 4) is 0 Å². The van der Waals surface area contributed by atoms with Crippen molar-refractivity contribution < 1.29 is 9.53 Å². The van der Waals surface area contributed by atoms with Gasteiger partial charge in [0, 0.05) is 24.5 Å². The number of hydrogen-bond donors (Lipinski definition) is 0. The lowest BCUT2D eigenvalue weighted by atomic mass is 9.99. The van der Waals surface area contributed by atoms with Crippen molar-refractivity contribution in [2.45, 2.75) is 0 Å². The van der Waals surface area contributed by atoms with Gasteiger partial charge in [-0.05, 0) is 28.9 Å². The highest BCUT2D eigenvalue weighted by Gasteiger charge is 2.19. The van der Waals surface area contributed by atoms with Gasteiger partial charge < -0.3 is 9.64 Å². The highest BCUT2D eigenvalue weighted by molar-refractivity contribution is 5.89. The lowest BCUT2D eigenvalue weighted by Crippen LogP contribution is -2.19. The first-order valence-electron chi connectivity index (χ1n) is 7.76. The van der Waals surface area contributed by atoms with Gasteiger partial charge in [0.1, 0.15) is 0 Å². The van der Waals surface area contributed by atoms with Crippen molar-refractivity contribution in [3.63, 3.8) is 0 Å². The fraction of sp³-hybridized carbons (Fsp3) is 0.0952. The minimum atomic E-state index is -0.359. The second-order valence-electron chi connectivity index (χ2n) is 5.52. The molecule has 2 aromatic carbocycles. The van der Waals surface area contributed by atoms with Crippen LogP contribution in [0.15, 0.2) is 84.5 Å². The molecule has 1 heterocycles. The summed E-state index contributed by atoms with van der Waals surface area (Å²) in [6, 6.07) is 20.3. The molecule has 1 aliphatic rings. The summed E-state index contributed by atoms with van der Waals surface area (Å²) in [5.74, 6) is -0.359. The Hall–Kier alpha value is -3.07. The molecule has 0 amide bonds. The molecule has 3 nitrogen and oxygen atoms in total. The standard InChI is InChI=1S/C21H19NO2/c1-22-19(17-9-5-3-6-10-17)13-16(15-21(23)24-2)14-20(22)18-11-7-4-8-12-18/h3-15H,1-2H3. The Morgan fingerprint density at radius 1 is 0.875 bits per heavy atom. The molecule has 0 N–H and O–H groups in total. The zero-order valence-electron chi connectivity index (χ0n) is 13.8. The number of carbonyl (C=O) groups is 1. The fourth-order valence-corrected chi connectivity index (χ4v) is 2.73. The van der Waals surface area contributed by atoms with Crippen molar-refractivity contribution in [2.24, 2.45) is 0 Å². The van der Waals surface area contributed by atoms with E-state index in [4.69, 9.17) is 4.74 Å². The van der Waals surface area contributed by atoms with Gasteiger partial charge in [0.05, 0.1) is 7.11 Å². The van der Waals surface area contributed by atoms with Crippen LogP contribution in [0, 0.1) is 0 Å². The molecular formula is C21H19NO2. The van der Waals surface area contributed by atoms with Crippen LogP contribution in [0.4, 0.5) is 0 Å². The Balaban J connectivity index is 2.10. The van der Waals surface area contributed by atoms with E-state index in [1.54, 1.807) is 0 Å². The molecule has 0 unspecified atom stereocenters. The van der Waals surface area contributed by atoms with E-state index in [-0.39, 0.29) is 5.97 Å². The molecule has 0 saturated heterocycles. The third-order valence-electron chi connectivity index (χ3n) is 3.95. The first kappa shape index (κ1) is 15.8. The third-order valence-corrected chi connectivity index (χ3v) is 3.95. The van der Waals surface area contributed by atoms with E-state index in [0.717, 1.165) is 28.1 Å². The monoisotopic (exact) mass is 317 g/mol. The number of methoxy groups -OCH3 is 1. The third kappa shape index (κ3) is 3.30. The Morgan fingerprint density at radius 2 is 1.33 bits per heavy atom. The average molecular weight is 317 g/mol. The molecule has 0 spiro atoms. The molecule has 0 aliphatic carbocycles. The zero-order valence-corrected chi connectivity index (χ0v) is 13.8. The van der Waals surface area contributed by atoms with E-state index in [1.165, 1.54) is 13.2 Å². The molecule has 3 rings (SSSR count). The normalized spacial score (nSPS) is 13.9. The number of rotatable bonds is 3. The highest BCUT2D eigenvalue weighted by Crippen LogP contribution is 2.33. The van der Waals surface area contributed by atoms with E-state index in [0.29, 0.717) is 0 Å². The fourth-order valence-electron chi connectivity index (χ4n) is 2.73. The Bertz CT molecular complexity index is 758. The lowest BCUT2D eigenvalue weighted by molar-refractivity contribution is -0.134. The number of carbonyl (C=O) groups excluding carboxylic acids is 1. The summed E-state index contributed by atoms with van der Waals surface area (Å²) in [6.45, 7) is 0. The molecule has 0 atom stereocenters. The summed E-state index contributed by atoms with van der Waals surface area (Å²) in [4.78, 5) is 13.8. The van der Waals surface area contributed by atoms with Crippen LogP contribution in [0.3, 0.4) is 0 Å². The maximum atomic E-state index is 11.7.